The summed E-state index contributed by atoms with van der Waals surface area (Å²) in [4.78, 5) is 80.6. The molecule has 104 heavy (non-hydrogen) atoms. The molecular weight excluding hydrogens is 1430 g/mol. The molecule has 10 rings (SSSR count). The van der Waals surface area contributed by atoms with E-state index in [2.05, 4.69) is 66.9 Å². The summed E-state index contributed by atoms with van der Waals surface area (Å²) in [5, 5.41) is 23.4. The number of likely N-dealkylation sites (tertiary alicyclic amines) is 2. The fourth-order valence-corrected chi connectivity index (χ4v) is 17.9. The maximum atomic E-state index is 14.6. The highest BCUT2D eigenvalue weighted by Crippen LogP contribution is 2.44. The molecule has 0 spiro atoms. The van der Waals surface area contributed by atoms with Crippen molar-refractivity contribution in [1.29, 1.82) is 0 Å². The molecule has 0 radical (unpaired) electrons. The smallest absolute Gasteiger partial charge is 0.391 e. The number of aliphatic hydroxyl groups is 1. The number of aryl methyl sites for hydroxylation is 1. The molecule has 4 aliphatic rings. The van der Waals surface area contributed by atoms with Crippen LogP contribution in [0.1, 0.15) is 139 Å². The monoisotopic (exact) mass is 1530 g/mol. The second-order valence-electron chi connectivity index (χ2n) is 29.5. The van der Waals surface area contributed by atoms with E-state index in [1.54, 1.807) is 49.8 Å². The normalized spacial score (nSPS) is 19.3. The number of alkyl halides is 3. The van der Waals surface area contributed by atoms with Crippen molar-refractivity contribution in [3.05, 3.63) is 160 Å². The van der Waals surface area contributed by atoms with Crippen molar-refractivity contribution in [2.45, 2.75) is 169 Å². The molecule has 0 bridgehead atoms. The number of sulfone groups is 1. The summed E-state index contributed by atoms with van der Waals surface area (Å²) in [5.74, 6) is -2.38. The van der Waals surface area contributed by atoms with E-state index >= 15 is 0 Å². The van der Waals surface area contributed by atoms with Crippen molar-refractivity contribution in [2.75, 3.05) is 74.9 Å². The Labute approximate surface area is 621 Å². The third-order valence-electron chi connectivity index (χ3n) is 19.8. The third-order valence-corrected chi connectivity index (χ3v) is 25.1. The Kier molecular flexibility index (Phi) is 25.9. The molecule has 5 aromatic carbocycles. The number of piperazine rings is 1. The van der Waals surface area contributed by atoms with E-state index in [1.807, 2.05) is 85.3 Å². The van der Waals surface area contributed by atoms with Gasteiger partial charge in [-0.25, -0.2) is 26.5 Å². The number of allylic oxidation sites excluding steroid dienone is 1. The minimum atomic E-state index is -6.19. The number of β-amino-alcohol motifs (C(OH)–C–C–N with tert-alkyl or cyclic N) is 1. The van der Waals surface area contributed by atoms with E-state index in [-0.39, 0.29) is 60.9 Å². The van der Waals surface area contributed by atoms with Crippen LogP contribution < -0.4 is 30.9 Å². The summed E-state index contributed by atoms with van der Waals surface area (Å²) in [6.07, 6.45) is 3.84. The first-order chi connectivity index (χ1) is 49.2. The summed E-state index contributed by atoms with van der Waals surface area (Å²) >= 11 is 9.15. The minimum absolute atomic E-state index is 0.0152. The van der Waals surface area contributed by atoms with Gasteiger partial charge < -0.3 is 41.1 Å². The lowest BCUT2D eigenvalue weighted by Crippen LogP contribution is -2.57. The Bertz CT molecular complexity index is 4290. The first-order valence-corrected chi connectivity index (χ1v) is 40.5. The van der Waals surface area contributed by atoms with Gasteiger partial charge in [0.2, 0.25) is 23.6 Å². The number of halogens is 4. The zero-order valence-corrected chi connectivity index (χ0v) is 63.8. The number of carbonyl (C=O) groups excluding carboxylic acids is 5. The van der Waals surface area contributed by atoms with Gasteiger partial charge in [-0.1, -0.05) is 106 Å². The van der Waals surface area contributed by atoms with Crippen LogP contribution in [-0.4, -0.2) is 172 Å². The Morgan fingerprint density at radius 2 is 1.48 bits per heavy atom. The average Bonchev–Trinajstić information content (AvgIpc) is 1.61. The zero-order valence-electron chi connectivity index (χ0n) is 59.7. The van der Waals surface area contributed by atoms with Crippen LogP contribution in [0.4, 0.5) is 24.5 Å². The third kappa shape index (κ3) is 20.6. The van der Waals surface area contributed by atoms with Crippen LogP contribution in [0.5, 0.6) is 0 Å². The predicted molar refractivity (Wildman–Crippen MR) is 402 cm³/mol. The van der Waals surface area contributed by atoms with E-state index in [0.717, 1.165) is 83.3 Å². The van der Waals surface area contributed by atoms with Crippen molar-refractivity contribution in [2.24, 2.45) is 10.8 Å². The number of benzene rings is 5. The molecule has 6 aromatic rings. The van der Waals surface area contributed by atoms with E-state index in [1.165, 1.54) is 45.5 Å². The van der Waals surface area contributed by atoms with Crippen LogP contribution in [0.2, 0.25) is 5.02 Å². The van der Waals surface area contributed by atoms with Crippen LogP contribution in [0, 0.1) is 17.8 Å². The Balaban J connectivity index is 0.700. The largest absolute Gasteiger partial charge is 0.501 e. The summed E-state index contributed by atoms with van der Waals surface area (Å²) < 4.78 is 100. The van der Waals surface area contributed by atoms with Crippen molar-refractivity contribution < 1.29 is 59.1 Å². The van der Waals surface area contributed by atoms with Crippen molar-refractivity contribution in [3.63, 3.8) is 0 Å². The van der Waals surface area contributed by atoms with Gasteiger partial charge in [-0.05, 0) is 159 Å². The zero-order chi connectivity index (χ0) is 74.9. The first kappa shape index (κ1) is 79.2. The van der Waals surface area contributed by atoms with E-state index < -0.39 is 100 Å². The van der Waals surface area contributed by atoms with Crippen LogP contribution in [0.3, 0.4) is 0 Å². The maximum absolute atomic E-state index is 14.6. The molecule has 0 unspecified atom stereocenters. The highest BCUT2D eigenvalue weighted by atomic mass is 35.5. The lowest BCUT2D eigenvalue weighted by Gasteiger charge is -2.39. The quantitative estimate of drug-likeness (QED) is 0.0197. The molecule has 1 aliphatic carbocycles. The van der Waals surface area contributed by atoms with Crippen LogP contribution in [0.15, 0.2) is 147 Å². The van der Waals surface area contributed by atoms with Crippen LogP contribution in [-0.2, 0) is 39.0 Å². The van der Waals surface area contributed by atoms with Gasteiger partial charge in [-0.3, -0.25) is 28.9 Å². The van der Waals surface area contributed by atoms with E-state index in [0.29, 0.717) is 63.1 Å². The lowest BCUT2D eigenvalue weighted by atomic mass is 9.73. The number of sulfonamides is 1. The molecule has 20 nitrogen and oxygen atoms in total. The number of anilines is 2. The topological polar surface area (TPSA) is 260 Å². The summed E-state index contributed by atoms with van der Waals surface area (Å²) in [6.45, 7) is 18.9. The number of nitrogens with one attached hydrogen (secondary N) is 5. The standard InChI is InChI=1S/C76H94ClF3N10O10S4/c1-49(51-17-19-53(20-18-51)69-50(2)81-48-102-69)82-72(95)65-41-60(91)46-90(65)73(96)70(74(3,4)5)85-68(93)16-12-11-15-67(92)84-57-32-35-87(45-57)36-33-58(47-101-61-13-9-8-10-14-61)83-64-30-29-62(42-66(64)103(97,98)76(78,79)80)104(99,100)86-71(94)54-23-27-59(28-24-54)89-39-37-88(38-40-89)44-55-43-75(6,7)34-31-63(55)52-21-25-56(77)26-22-52/h8-10,13-14,17-30,42,48-49,57-58,60,65,70,83,91H,11-12,15-16,31-41,43-47H2,1-7H3,(H,82,95)(H,84,92)(H,85,93)(H,86,94)/t49-,57+,58+,60+,65-,70+/m0/s1. The van der Waals surface area contributed by atoms with Gasteiger partial charge in [-0.15, -0.1) is 23.1 Å². The number of hydrogen-bond donors (Lipinski definition) is 6. The fraction of sp³-hybridized carbons (Fsp3) is 0.474. The van der Waals surface area contributed by atoms with Gasteiger partial charge in [0, 0.05) is 117 Å². The number of rotatable bonds is 28. The predicted octanol–water partition coefficient (Wildman–Crippen LogP) is 12.1. The molecule has 28 heteroatoms. The molecule has 560 valence electrons. The summed E-state index contributed by atoms with van der Waals surface area (Å²) in [7, 11) is -11.1. The SMILES string of the molecule is Cc1ncsc1-c1ccc([C@H](C)NC(=O)[C@@H]2C[C@@H](O)CN2C(=O)[C@@H](NC(=O)CCCCC(=O)N[C@@H]2CCN(CC[C@H](CSc3ccccc3)Nc3ccc(S(=O)(=O)NC(=O)c4ccc(N5CCN(CC6=C(c7ccc(Cl)cc7)CCC(C)(C)C6)CC5)cc4)cc3S(=O)(=O)C(F)(F)F)C2)C(C)(C)C)cc1. The number of unbranched alkanes of at least 4 members (excludes halogenated alkanes) is 1. The molecule has 3 saturated heterocycles. The maximum Gasteiger partial charge on any atom is 0.501 e. The number of hydrogen-bond acceptors (Lipinski definition) is 17. The van der Waals surface area contributed by atoms with Crippen molar-refractivity contribution in [1.82, 2.24) is 40.4 Å². The molecule has 6 atom stereocenters. The molecule has 5 amide bonds. The van der Waals surface area contributed by atoms with Gasteiger partial charge >= 0.3 is 5.51 Å². The number of thiazole rings is 1. The molecule has 6 N–H and O–H groups in total. The first-order valence-electron chi connectivity index (χ1n) is 35.3. The number of carbonyl (C=O) groups is 5. The molecule has 4 heterocycles. The summed E-state index contributed by atoms with van der Waals surface area (Å²) in [6, 6.07) is 30.3. The Morgan fingerprint density at radius 3 is 2.13 bits per heavy atom. The van der Waals surface area contributed by atoms with Gasteiger partial charge in [0.1, 0.15) is 17.0 Å². The average molecular weight is 1530 g/mol. The molecule has 3 aliphatic heterocycles. The number of aliphatic hydroxyl groups excluding tert-OH is 1. The fourth-order valence-electron chi connectivity index (χ4n) is 13.9. The Morgan fingerprint density at radius 1 is 0.808 bits per heavy atom. The second kappa shape index (κ2) is 34.0. The van der Waals surface area contributed by atoms with Crippen LogP contribution in [0.25, 0.3) is 16.0 Å². The van der Waals surface area contributed by atoms with E-state index in [9.17, 15) is 59.1 Å². The van der Waals surface area contributed by atoms with Crippen molar-refractivity contribution in [3.8, 4) is 10.4 Å². The lowest BCUT2D eigenvalue weighted by molar-refractivity contribution is -0.144. The number of amides is 5. The Hall–Kier alpha value is -7.37. The molecule has 1 aromatic heterocycles. The summed E-state index contributed by atoms with van der Waals surface area (Å²) in [5.41, 5.74) is 2.43. The highest BCUT2D eigenvalue weighted by molar-refractivity contribution is 7.99. The van der Waals surface area contributed by atoms with Gasteiger partial charge in [0.05, 0.1) is 38.8 Å². The second-order valence-corrected chi connectivity index (χ2v) is 35.5. The molecule has 0 saturated carbocycles. The number of aromatic nitrogens is 1. The van der Waals surface area contributed by atoms with Crippen LogP contribution >= 0.6 is 34.7 Å². The minimum Gasteiger partial charge on any atom is -0.391 e. The van der Waals surface area contributed by atoms with Gasteiger partial charge in [0.25, 0.3) is 25.8 Å². The molecule has 3 fully saturated rings. The van der Waals surface area contributed by atoms with E-state index in [4.69, 9.17) is 11.6 Å². The van der Waals surface area contributed by atoms with Gasteiger partial charge in [0.15, 0.2) is 0 Å². The number of nitrogens with zero attached hydrogens (tertiary/aromatic N) is 5. The van der Waals surface area contributed by atoms with Crippen molar-refractivity contribution >= 4 is 101 Å². The highest BCUT2D eigenvalue weighted by Gasteiger charge is 2.49. The number of thioether (sulfide) groups is 1. The molecular formula is C76H94ClF3N10O10S4. The van der Waals surface area contributed by atoms with Gasteiger partial charge in [-0.2, -0.15) is 13.2 Å².